The number of carbonyl (C=O) groups excluding carboxylic acids is 4. The zero-order chi connectivity index (χ0) is 75.5. The maximum atomic E-state index is 13.1. The van der Waals surface area contributed by atoms with E-state index in [2.05, 4.69) is 34.6 Å². The molecular weight excluding hydrogens is 1340 g/mol. The van der Waals surface area contributed by atoms with Crippen LogP contribution in [0.5, 0.6) is 0 Å². The van der Waals surface area contributed by atoms with Crippen LogP contribution in [0.3, 0.4) is 0 Å². The molecule has 0 aliphatic carbocycles. The van der Waals surface area contributed by atoms with Crippen molar-refractivity contribution in [2.45, 2.75) is 470 Å². The Morgan fingerprint density at radius 3 is 0.660 bits per heavy atom. The van der Waals surface area contributed by atoms with E-state index in [1.54, 1.807) is 0 Å². The molecule has 17 nitrogen and oxygen atoms in total. The molecular formula is C84H164O17P2. The molecule has 0 spiro atoms. The molecule has 0 fully saturated rings. The van der Waals surface area contributed by atoms with Crippen molar-refractivity contribution < 1.29 is 80.2 Å². The molecule has 3 N–H and O–H groups in total. The first-order valence-electron chi connectivity index (χ1n) is 43.6. The van der Waals surface area contributed by atoms with E-state index < -0.39 is 97.5 Å². The van der Waals surface area contributed by atoms with Crippen molar-refractivity contribution >= 4 is 39.5 Å². The summed E-state index contributed by atoms with van der Waals surface area (Å²) in [4.78, 5) is 72.8. The zero-order valence-electron chi connectivity index (χ0n) is 67.5. The summed E-state index contributed by atoms with van der Waals surface area (Å²) in [6.07, 6.45) is 70.1. The van der Waals surface area contributed by atoms with Gasteiger partial charge in [0.25, 0.3) is 0 Å². The van der Waals surface area contributed by atoms with Gasteiger partial charge in [0.1, 0.15) is 19.3 Å². The Labute approximate surface area is 632 Å². The van der Waals surface area contributed by atoms with Gasteiger partial charge in [-0.1, -0.05) is 401 Å². The van der Waals surface area contributed by atoms with E-state index in [-0.39, 0.29) is 25.7 Å². The fourth-order valence-corrected chi connectivity index (χ4v) is 14.7. The number of aliphatic hydroxyl groups is 1. The second-order valence-corrected chi connectivity index (χ2v) is 33.6. The van der Waals surface area contributed by atoms with E-state index in [1.165, 1.54) is 270 Å². The van der Waals surface area contributed by atoms with Gasteiger partial charge in [-0.05, 0) is 31.6 Å². The Balaban J connectivity index is 5.10. The summed E-state index contributed by atoms with van der Waals surface area (Å²) in [5.74, 6) is -1.34. The first kappa shape index (κ1) is 101. The quantitative estimate of drug-likeness (QED) is 0.0222. The Morgan fingerprint density at radius 2 is 0.447 bits per heavy atom. The number of phosphoric acid groups is 2. The van der Waals surface area contributed by atoms with Crippen LogP contribution >= 0.6 is 15.6 Å². The van der Waals surface area contributed by atoms with Crippen LogP contribution in [0.1, 0.15) is 452 Å². The monoisotopic (exact) mass is 1510 g/mol. The van der Waals surface area contributed by atoms with Gasteiger partial charge in [0, 0.05) is 25.7 Å². The Kier molecular flexibility index (Phi) is 75.4. The molecule has 0 saturated heterocycles. The smallest absolute Gasteiger partial charge is 0.462 e. The van der Waals surface area contributed by atoms with Gasteiger partial charge in [0.2, 0.25) is 0 Å². The molecule has 0 aliphatic heterocycles. The van der Waals surface area contributed by atoms with Crippen molar-refractivity contribution in [3.63, 3.8) is 0 Å². The van der Waals surface area contributed by atoms with Gasteiger partial charge in [-0.25, -0.2) is 9.13 Å². The highest BCUT2D eigenvalue weighted by atomic mass is 31.2. The lowest BCUT2D eigenvalue weighted by atomic mass is 10.0. The van der Waals surface area contributed by atoms with Gasteiger partial charge in [-0.3, -0.25) is 37.3 Å². The summed E-state index contributed by atoms with van der Waals surface area (Å²) in [5, 5.41) is 10.6. The molecule has 0 radical (unpaired) electrons. The van der Waals surface area contributed by atoms with Crippen LogP contribution in [0.15, 0.2) is 0 Å². The maximum absolute atomic E-state index is 13.1. The molecule has 0 heterocycles. The first-order valence-corrected chi connectivity index (χ1v) is 46.6. The average Bonchev–Trinajstić information content (AvgIpc) is 1.21. The lowest BCUT2D eigenvalue weighted by Crippen LogP contribution is -2.30. The number of hydrogen-bond donors (Lipinski definition) is 3. The molecule has 0 aromatic rings. The van der Waals surface area contributed by atoms with Gasteiger partial charge < -0.3 is 33.8 Å². The van der Waals surface area contributed by atoms with Gasteiger partial charge in [-0.15, -0.1) is 0 Å². The lowest BCUT2D eigenvalue weighted by Gasteiger charge is -2.21. The lowest BCUT2D eigenvalue weighted by molar-refractivity contribution is -0.161. The zero-order valence-corrected chi connectivity index (χ0v) is 69.3. The molecule has 5 atom stereocenters. The fraction of sp³-hybridized carbons (Fsp3) is 0.952. The highest BCUT2D eigenvalue weighted by Crippen LogP contribution is 2.45. The van der Waals surface area contributed by atoms with Crippen LogP contribution in [0, 0.1) is 5.92 Å². The van der Waals surface area contributed by atoms with E-state index >= 15 is 0 Å². The third-order valence-corrected chi connectivity index (χ3v) is 21.7. The number of unbranched alkanes of at least 4 members (excludes halogenated alkanes) is 56. The summed E-state index contributed by atoms with van der Waals surface area (Å²) >= 11 is 0. The van der Waals surface area contributed by atoms with Gasteiger partial charge in [0.05, 0.1) is 26.4 Å². The first-order chi connectivity index (χ1) is 50.0. The SMILES string of the molecule is CCCCCCCCCCCCCCCCCCCCCCCCC(=O)O[C@H](COC(=O)CCCCCCCCCCCCCCCCCCCCCCC)COP(=O)(O)OC[C@@H](O)COP(=O)(O)OC[C@@H](COC(=O)CCCCCCC)OC(=O)CCCCCCCCCCCCCCC(C)C. The standard InChI is InChI=1S/C84H164O17P2/c1-6-9-12-15-17-19-21-23-25-27-29-31-33-35-37-39-41-46-50-54-59-64-70-84(89)101-80(74-95-82(87)68-63-58-53-49-45-40-38-36-34-32-30-28-26-24-22-20-18-16-13-10-7-2)76-99-103(92,93)97-72-78(85)71-96-102(90,91)98-75-79(73-94-81(86)67-62-56-14-11-8-3)100-83(88)69-65-60-55-51-47-43-42-44-48-52-57-61-66-77(4)5/h77-80,85H,6-76H2,1-5H3,(H,90,91)(H,92,93)/t78-,79+,80+/m0/s1. The van der Waals surface area contributed by atoms with Crippen molar-refractivity contribution in [2.75, 3.05) is 39.6 Å². The van der Waals surface area contributed by atoms with Crippen LogP contribution in [-0.4, -0.2) is 96.7 Å². The van der Waals surface area contributed by atoms with Crippen molar-refractivity contribution in [1.82, 2.24) is 0 Å². The molecule has 103 heavy (non-hydrogen) atoms. The summed E-state index contributed by atoms with van der Waals surface area (Å²) < 4.78 is 68.6. The third-order valence-electron chi connectivity index (χ3n) is 19.8. The van der Waals surface area contributed by atoms with Crippen LogP contribution in [0.4, 0.5) is 0 Å². The molecule has 0 amide bonds. The van der Waals surface area contributed by atoms with Crippen LogP contribution in [0.25, 0.3) is 0 Å². The predicted molar refractivity (Wildman–Crippen MR) is 423 cm³/mol. The van der Waals surface area contributed by atoms with E-state index in [9.17, 15) is 43.2 Å². The highest BCUT2D eigenvalue weighted by molar-refractivity contribution is 7.47. The molecule has 0 aromatic heterocycles. The number of hydrogen-bond acceptors (Lipinski definition) is 15. The van der Waals surface area contributed by atoms with Gasteiger partial charge >= 0.3 is 39.5 Å². The molecule has 2 unspecified atom stereocenters. The number of phosphoric ester groups is 2. The predicted octanol–water partition coefficient (Wildman–Crippen LogP) is 25.6. The number of aliphatic hydroxyl groups excluding tert-OH is 1. The Hall–Kier alpha value is -1.94. The number of esters is 4. The summed E-state index contributed by atoms with van der Waals surface area (Å²) in [5.41, 5.74) is 0. The summed E-state index contributed by atoms with van der Waals surface area (Å²) in [7, 11) is -9.91. The maximum Gasteiger partial charge on any atom is 0.472 e. The third kappa shape index (κ3) is 78.0. The molecule has 0 aromatic carbocycles. The Morgan fingerprint density at radius 1 is 0.262 bits per heavy atom. The normalized spacial score (nSPS) is 13.8. The van der Waals surface area contributed by atoms with E-state index in [0.717, 1.165) is 102 Å². The van der Waals surface area contributed by atoms with E-state index in [1.807, 2.05) is 0 Å². The van der Waals surface area contributed by atoms with Gasteiger partial charge in [-0.2, -0.15) is 0 Å². The minimum Gasteiger partial charge on any atom is -0.462 e. The number of ether oxygens (including phenoxy) is 4. The average molecular weight is 1510 g/mol. The highest BCUT2D eigenvalue weighted by Gasteiger charge is 2.30. The second kappa shape index (κ2) is 76.8. The summed E-state index contributed by atoms with van der Waals surface area (Å²) in [6, 6.07) is 0. The molecule has 19 heteroatoms. The second-order valence-electron chi connectivity index (χ2n) is 30.7. The minimum absolute atomic E-state index is 0.106. The topological polar surface area (TPSA) is 237 Å². The van der Waals surface area contributed by atoms with E-state index in [0.29, 0.717) is 25.7 Å². The molecule has 612 valence electrons. The molecule has 0 bridgehead atoms. The van der Waals surface area contributed by atoms with E-state index in [4.69, 9.17) is 37.0 Å². The minimum atomic E-state index is -4.96. The summed E-state index contributed by atoms with van der Waals surface area (Å²) in [6.45, 7) is 7.25. The van der Waals surface area contributed by atoms with Gasteiger partial charge in [0.15, 0.2) is 12.2 Å². The van der Waals surface area contributed by atoms with Crippen molar-refractivity contribution in [2.24, 2.45) is 5.92 Å². The van der Waals surface area contributed by atoms with Crippen LogP contribution in [-0.2, 0) is 65.4 Å². The number of carbonyl (C=O) groups is 4. The molecule has 0 aliphatic rings. The number of rotatable bonds is 84. The van der Waals surface area contributed by atoms with Crippen molar-refractivity contribution in [3.8, 4) is 0 Å². The van der Waals surface area contributed by atoms with Crippen LogP contribution in [0.2, 0.25) is 0 Å². The Bertz CT molecular complexity index is 1960. The van der Waals surface area contributed by atoms with Crippen molar-refractivity contribution in [3.05, 3.63) is 0 Å². The van der Waals surface area contributed by atoms with Crippen LogP contribution < -0.4 is 0 Å². The molecule has 0 saturated carbocycles. The fourth-order valence-electron chi connectivity index (χ4n) is 13.1. The molecule has 0 rings (SSSR count). The van der Waals surface area contributed by atoms with Crippen molar-refractivity contribution in [1.29, 1.82) is 0 Å². The largest absolute Gasteiger partial charge is 0.472 e.